The number of aromatic hydroxyl groups is 1. The van der Waals surface area contributed by atoms with Gasteiger partial charge in [0, 0.05) is 6.61 Å². The Balaban J connectivity index is 3.06. The van der Waals surface area contributed by atoms with Crippen LogP contribution in [0.3, 0.4) is 0 Å². The first-order valence-electron chi connectivity index (χ1n) is 4.04. The zero-order valence-electron chi connectivity index (χ0n) is 7.23. The molecule has 0 aliphatic rings. The molecule has 1 aromatic rings. The van der Waals surface area contributed by atoms with Crippen LogP contribution in [-0.2, 0) is 6.42 Å². The van der Waals surface area contributed by atoms with Crippen LogP contribution in [0.1, 0.15) is 12.0 Å². The minimum atomic E-state index is -1.26. The maximum absolute atomic E-state index is 13.1. The zero-order valence-corrected chi connectivity index (χ0v) is 8.81. The van der Waals surface area contributed by atoms with Crippen molar-refractivity contribution in [2.45, 2.75) is 12.8 Å². The number of aryl methyl sites for hydroxylation is 1. The smallest absolute Gasteiger partial charge is 0.201 e. The number of hydrogen-bond acceptors (Lipinski definition) is 2. The standard InChI is InChI=1S/C9H9BrF2O2/c10-6-4-5(2-1-3-13)7(11)8(12)9(6)14/h4,13-14H,1-3H2. The second-order valence-corrected chi connectivity index (χ2v) is 3.68. The Kier molecular flexibility index (Phi) is 3.83. The van der Waals surface area contributed by atoms with Crippen molar-refractivity contribution in [3.05, 3.63) is 27.7 Å². The molecule has 0 amide bonds. The highest BCUT2D eigenvalue weighted by Gasteiger charge is 2.15. The number of aliphatic hydroxyl groups is 1. The summed E-state index contributed by atoms with van der Waals surface area (Å²) >= 11 is 2.90. The predicted octanol–water partition coefficient (Wildman–Crippen LogP) is 2.36. The molecule has 2 nitrogen and oxygen atoms in total. The second-order valence-electron chi connectivity index (χ2n) is 2.82. The number of phenols is 1. The summed E-state index contributed by atoms with van der Waals surface area (Å²) in [6.07, 6.45) is 0.589. The van der Waals surface area contributed by atoms with E-state index in [0.29, 0.717) is 6.42 Å². The fourth-order valence-corrected chi connectivity index (χ4v) is 1.54. The van der Waals surface area contributed by atoms with Crippen molar-refractivity contribution >= 4 is 15.9 Å². The lowest BCUT2D eigenvalue weighted by atomic mass is 10.1. The highest BCUT2D eigenvalue weighted by atomic mass is 79.9. The van der Waals surface area contributed by atoms with Crippen molar-refractivity contribution < 1.29 is 19.0 Å². The summed E-state index contributed by atoms with van der Waals surface area (Å²) in [5.41, 5.74) is 0.140. The Bertz CT molecular complexity index is 342. The molecule has 1 rings (SSSR count). The van der Waals surface area contributed by atoms with Gasteiger partial charge < -0.3 is 10.2 Å². The largest absolute Gasteiger partial charge is 0.504 e. The molecular formula is C9H9BrF2O2. The van der Waals surface area contributed by atoms with Crippen LogP contribution in [0.4, 0.5) is 8.78 Å². The number of benzene rings is 1. The number of hydrogen-bond donors (Lipinski definition) is 2. The maximum atomic E-state index is 13.1. The highest BCUT2D eigenvalue weighted by Crippen LogP contribution is 2.31. The van der Waals surface area contributed by atoms with E-state index in [-0.39, 0.29) is 23.1 Å². The molecule has 0 atom stereocenters. The third kappa shape index (κ3) is 2.22. The van der Waals surface area contributed by atoms with E-state index >= 15 is 0 Å². The van der Waals surface area contributed by atoms with E-state index in [1.165, 1.54) is 6.07 Å². The molecule has 2 N–H and O–H groups in total. The second kappa shape index (κ2) is 4.70. The Morgan fingerprint density at radius 1 is 1.29 bits per heavy atom. The molecule has 5 heteroatoms. The molecule has 1 aromatic carbocycles. The van der Waals surface area contributed by atoms with Crippen molar-refractivity contribution in [3.8, 4) is 5.75 Å². The summed E-state index contributed by atoms with van der Waals surface area (Å²) in [7, 11) is 0. The van der Waals surface area contributed by atoms with Crippen LogP contribution in [0.25, 0.3) is 0 Å². The van der Waals surface area contributed by atoms with Gasteiger partial charge in [-0.05, 0) is 40.4 Å². The van der Waals surface area contributed by atoms with Crippen LogP contribution in [0.15, 0.2) is 10.5 Å². The molecule has 0 saturated carbocycles. The van der Waals surface area contributed by atoms with Gasteiger partial charge in [0.1, 0.15) is 0 Å². The summed E-state index contributed by atoms with van der Waals surface area (Å²) in [5.74, 6) is -3.04. The van der Waals surface area contributed by atoms with Crippen molar-refractivity contribution in [1.82, 2.24) is 0 Å². The van der Waals surface area contributed by atoms with E-state index in [0.717, 1.165) is 0 Å². The summed E-state index contributed by atoms with van der Waals surface area (Å²) < 4.78 is 26.2. The van der Waals surface area contributed by atoms with Gasteiger partial charge in [-0.25, -0.2) is 4.39 Å². The number of rotatable bonds is 3. The van der Waals surface area contributed by atoms with Gasteiger partial charge in [0.05, 0.1) is 4.47 Å². The molecule has 78 valence electrons. The predicted molar refractivity (Wildman–Crippen MR) is 51.1 cm³/mol. The molecular weight excluding hydrogens is 258 g/mol. The lowest BCUT2D eigenvalue weighted by molar-refractivity contribution is 0.287. The molecule has 0 radical (unpaired) electrons. The zero-order chi connectivity index (χ0) is 10.7. The number of phenolic OH excluding ortho intramolecular Hbond substituents is 1. The van der Waals surface area contributed by atoms with Crippen molar-refractivity contribution in [3.63, 3.8) is 0 Å². The molecule has 0 unspecified atom stereocenters. The van der Waals surface area contributed by atoms with Crippen molar-refractivity contribution in [2.24, 2.45) is 0 Å². The lowest BCUT2D eigenvalue weighted by Gasteiger charge is -2.06. The van der Waals surface area contributed by atoms with Crippen LogP contribution in [0.2, 0.25) is 0 Å². The minimum Gasteiger partial charge on any atom is -0.504 e. The third-order valence-electron chi connectivity index (χ3n) is 1.81. The first-order valence-corrected chi connectivity index (χ1v) is 4.83. The molecule has 0 saturated heterocycles. The van der Waals surface area contributed by atoms with Gasteiger partial charge in [0.25, 0.3) is 0 Å². The average Bonchev–Trinajstić information content (AvgIpc) is 2.18. The molecule has 14 heavy (non-hydrogen) atoms. The SMILES string of the molecule is OCCCc1cc(Br)c(O)c(F)c1F. The number of halogens is 3. The Morgan fingerprint density at radius 3 is 2.50 bits per heavy atom. The normalized spacial score (nSPS) is 10.6. The molecule has 0 fully saturated rings. The lowest BCUT2D eigenvalue weighted by Crippen LogP contribution is -1.97. The highest BCUT2D eigenvalue weighted by molar-refractivity contribution is 9.10. The van der Waals surface area contributed by atoms with Crippen LogP contribution >= 0.6 is 15.9 Å². The summed E-state index contributed by atoms with van der Waals surface area (Å²) in [4.78, 5) is 0. The Labute approximate surface area is 88.3 Å². The van der Waals surface area contributed by atoms with E-state index < -0.39 is 17.4 Å². The molecule has 0 aliphatic heterocycles. The molecule has 0 spiro atoms. The van der Waals surface area contributed by atoms with E-state index in [9.17, 15) is 8.78 Å². The van der Waals surface area contributed by atoms with E-state index in [2.05, 4.69) is 15.9 Å². The Morgan fingerprint density at radius 2 is 1.93 bits per heavy atom. The van der Waals surface area contributed by atoms with Crippen LogP contribution < -0.4 is 0 Å². The fraction of sp³-hybridized carbons (Fsp3) is 0.333. The van der Waals surface area contributed by atoms with E-state index in [1.807, 2.05) is 0 Å². The Hall–Kier alpha value is -0.680. The maximum Gasteiger partial charge on any atom is 0.201 e. The van der Waals surface area contributed by atoms with Crippen LogP contribution in [0, 0.1) is 11.6 Å². The monoisotopic (exact) mass is 266 g/mol. The first-order chi connectivity index (χ1) is 6.57. The van der Waals surface area contributed by atoms with Gasteiger partial charge >= 0.3 is 0 Å². The van der Waals surface area contributed by atoms with Gasteiger partial charge in [0.2, 0.25) is 5.82 Å². The minimum absolute atomic E-state index is 0.0838. The molecule has 0 aromatic heterocycles. The summed E-state index contributed by atoms with van der Waals surface area (Å²) in [6.45, 7) is -0.0838. The van der Waals surface area contributed by atoms with Crippen molar-refractivity contribution in [1.29, 1.82) is 0 Å². The van der Waals surface area contributed by atoms with E-state index in [4.69, 9.17) is 10.2 Å². The van der Waals surface area contributed by atoms with Gasteiger partial charge in [-0.2, -0.15) is 4.39 Å². The molecule has 0 bridgehead atoms. The molecule has 0 aliphatic carbocycles. The topological polar surface area (TPSA) is 40.5 Å². The van der Waals surface area contributed by atoms with Crippen LogP contribution in [-0.4, -0.2) is 16.8 Å². The van der Waals surface area contributed by atoms with Gasteiger partial charge in [-0.15, -0.1) is 0 Å². The van der Waals surface area contributed by atoms with Crippen LogP contribution in [0.5, 0.6) is 5.75 Å². The van der Waals surface area contributed by atoms with Gasteiger partial charge in [0.15, 0.2) is 11.6 Å². The fourth-order valence-electron chi connectivity index (χ4n) is 1.09. The number of aliphatic hydroxyl groups excluding tert-OH is 1. The first kappa shape index (κ1) is 11.4. The summed E-state index contributed by atoms with van der Waals surface area (Å²) in [5, 5.41) is 17.6. The third-order valence-corrected chi connectivity index (χ3v) is 2.42. The van der Waals surface area contributed by atoms with Gasteiger partial charge in [-0.3, -0.25) is 0 Å². The average molecular weight is 267 g/mol. The van der Waals surface area contributed by atoms with Gasteiger partial charge in [-0.1, -0.05) is 0 Å². The quantitative estimate of drug-likeness (QED) is 0.825. The molecule has 0 heterocycles. The van der Waals surface area contributed by atoms with Crippen molar-refractivity contribution in [2.75, 3.05) is 6.61 Å². The summed E-state index contributed by atoms with van der Waals surface area (Å²) in [6, 6.07) is 1.31. The van der Waals surface area contributed by atoms with E-state index in [1.54, 1.807) is 0 Å².